The van der Waals surface area contributed by atoms with Crippen LogP contribution in [0.5, 0.6) is 0 Å². The van der Waals surface area contributed by atoms with Crippen LogP contribution < -0.4 is 10.6 Å². The maximum absolute atomic E-state index is 10.7. The summed E-state index contributed by atoms with van der Waals surface area (Å²) in [4.78, 5) is 14.7. The molecule has 1 atom stereocenters. The van der Waals surface area contributed by atoms with Gasteiger partial charge in [-0.15, -0.1) is 0 Å². The predicted molar refractivity (Wildman–Crippen MR) is 108 cm³/mol. The molecule has 152 valence electrons. The highest BCUT2D eigenvalue weighted by Crippen LogP contribution is 2.21. The van der Waals surface area contributed by atoms with Gasteiger partial charge in [-0.25, -0.2) is 4.99 Å². The molecule has 8 heteroatoms. The molecule has 3 N–H and O–H groups in total. The van der Waals surface area contributed by atoms with Crippen LogP contribution in [0, 0.1) is 10.1 Å². The maximum atomic E-state index is 10.7. The summed E-state index contributed by atoms with van der Waals surface area (Å²) in [5.41, 5.74) is 0.0323. The molecular weight excluding hydrogens is 360 g/mol. The van der Waals surface area contributed by atoms with Gasteiger partial charge in [0.05, 0.1) is 17.7 Å². The van der Waals surface area contributed by atoms with E-state index in [0.29, 0.717) is 11.7 Å². The lowest BCUT2D eigenvalue weighted by Gasteiger charge is -2.19. The predicted octanol–water partition coefficient (Wildman–Crippen LogP) is 2.97. The number of unbranched alkanes of at least 4 members (excludes halogenated alkanes) is 1. The number of aliphatic imine (C=N–C) groups is 1. The lowest BCUT2D eigenvalue weighted by atomic mass is 10.0. The number of benzene rings is 1. The molecule has 0 bridgehead atoms. The van der Waals surface area contributed by atoms with E-state index in [1.165, 1.54) is 18.4 Å². The number of nitrogens with zero attached hydrogens (tertiary/aromatic N) is 2. The Hall–Kier alpha value is -2.87. The van der Waals surface area contributed by atoms with Gasteiger partial charge in [-0.3, -0.25) is 10.1 Å². The molecule has 1 aromatic heterocycles. The summed E-state index contributed by atoms with van der Waals surface area (Å²) >= 11 is 0. The average Bonchev–Trinajstić information content (AvgIpc) is 3.22. The zero-order valence-electron chi connectivity index (χ0n) is 16.4. The monoisotopic (exact) mass is 388 g/mol. The number of aryl methyl sites for hydroxylation is 1. The molecule has 0 radical (unpaired) electrons. The standard InChI is InChI=1S/C20H28N4O4/c1-3-21-19(23-15-20(2,25)18-8-6-14-28-18)22-13-5-4-7-16-9-11-17(12-10-16)24(26)27/h6,8-12,14,25H,3-5,7,13,15H2,1-2H3,(H2,21,22,23). The first-order valence-corrected chi connectivity index (χ1v) is 9.44. The van der Waals surface area contributed by atoms with Gasteiger partial charge in [0.2, 0.25) is 0 Å². The van der Waals surface area contributed by atoms with E-state index in [-0.39, 0.29) is 12.2 Å². The van der Waals surface area contributed by atoms with Crippen molar-refractivity contribution >= 4 is 11.6 Å². The second-order valence-corrected chi connectivity index (χ2v) is 6.75. The van der Waals surface area contributed by atoms with Crippen molar-refractivity contribution in [3.05, 3.63) is 64.1 Å². The summed E-state index contributed by atoms with van der Waals surface area (Å²) in [7, 11) is 0. The Balaban J connectivity index is 1.75. The van der Waals surface area contributed by atoms with Gasteiger partial charge >= 0.3 is 0 Å². The van der Waals surface area contributed by atoms with Crippen molar-refractivity contribution in [3.8, 4) is 0 Å². The quantitative estimate of drug-likeness (QED) is 0.190. The number of rotatable bonds is 10. The zero-order valence-corrected chi connectivity index (χ0v) is 16.4. The van der Waals surface area contributed by atoms with E-state index >= 15 is 0 Å². The summed E-state index contributed by atoms with van der Waals surface area (Å²) in [6, 6.07) is 10.1. The van der Waals surface area contributed by atoms with Crippen molar-refractivity contribution in [2.45, 2.75) is 38.7 Å². The zero-order chi connectivity index (χ0) is 20.4. The van der Waals surface area contributed by atoms with E-state index in [4.69, 9.17) is 4.42 Å². The van der Waals surface area contributed by atoms with Crippen molar-refractivity contribution in [1.82, 2.24) is 10.6 Å². The fraction of sp³-hybridized carbons (Fsp3) is 0.450. The minimum absolute atomic E-state index is 0.113. The third-order valence-electron chi connectivity index (χ3n) is 4.27. The number of hydrogen-bond donors (Lipinski definition) is 3. The highest BCUT2D eigenvalue weighted by Gasteiger charge is 2.26. The third kappa shape index (κ3) is 6.70. The summed E-state index contributed by atoms with van der Waals surface area (Å²) in [5.74, 6) is 1.12. The van der Waals surface area contributed by atoms with E-state index in [2.05, 4.69) is 15.6 Å². The van der Waals surface area contributed by atoms with Crippen LogP contribution in [0.3, 0.4) is 0 Å². The van der Waals surface area contributed by atoms with E-state index in [9.17, 15) is 15.2 Å². The van der Waals surface area contributed by atoms with Crippen LogP contribution in [0.1, 0.15) is 38.0 Å². The molecule has 1 heterocycles. The number of aliphatic hydroxyl groups is 1. The SMILES string of the molecule is CCNC(=NCC(C)(O)c1ccco1)NCCCCc1ccc([N+](=O)[O-])cc1. The van der Waals surface area contributed by atoms with Crippen molar-refractivity contribution in [2.75, 3.05) is 19.6 Å². The van der Waals surface area contributed by atoms with Crippen LogP contribution in [-0.2, 0) is 12.0 Å². The minimum Gasteiger partial charge on any atom is -0.466 e. The highest BCUT2D eigenvalue weighted by molar-refractivity contribution is 5.79. The minimum atomic E-state index is -1.16. The molecule has 1 aromatic carbocycles. The van der Waals surface area contributed by atoms with Crippen LogP contribution in [0.15, 0.2) is 52.1 Å². The van der Waals surface area contributed by atoms with Gasteiger partial charge in [0.15, 0.2) is 5.96 Å². The average molecular weight is 388 g/mol. The molecule has 1 unspecified atom stereocenters. The van der Waals surface area contributed by atoms with Gasteiger partial charge in [-0.1, -0.05) is 12.1 Å². The molecular formula is C20H28N4O4. The van der Waals surface area contributed by atoms with Gasteiger partial charge in [0, 0.05) is 25.2 Å². The fourth-order valence-corrected chi connectivity index (χ4v) is 2.68. The molecule has 0 saturated carbocycles. The largest absolute Gasteiger partial charge is 0.466 e. The van der Waals surface area contributed by atoms with Crippen molar-refractivity contribution in [1.29, 1.82) is 0 Å². The lowest BCUT2D eigenvalue weighted by Crippen LogP contribution is -2.39. The summed E-state index contributed by atoms with van der Waals surface area (Å²) in [5, 5.41) is 27.6. The molecule has 0 spiro atoms. The Morgan fingerprint density at radius 1 is 1.25 bits per heavy atom. The lowest BCUT2D eigenvalue weighted by molar-refractivity contribution is -0.384. The Bertz CT molecular complexity index is 755. The van der Waals surface area contributed by atoms with E-state index in [1.807, 2.05) is 6.92 Å². The summed E-state index contributed by atoms with van der Waals surface area (Å²) in [6.07, 6.45) is 4.27. The van der Waals surface area contributed by atoms with Crippen LogP contribution in [0.4, 0.5) is 5.69 Å². The van der Waals surface area contributed by atoms with E-state index in [1.54, 1.807) is 31.2 Å². The second kappa shape index (κ2) is 10.5. The first kappa shape index (κ1) is 21.4. The molecule has 0 aliphatic rings. The van der Waals surface area contributed by atoms with Gasteiger partial charge in [-0.05, 0) is 50.8 Å². The van der Waals surface area contributed by atoms with Crippen LogP contribution in [-0.4, -0.2) is 35.6 Å². The number of hydrogen-bond acceptors (Lipinski definition) is 5. The van der Waals surface area contributed by atoms with Gasteiger partial charge in [-0.2, -0.15) is 0 Å². The number of guanidine groups is 1. The summed E-state index contributed by atoms with van der Waals surface area (Å²) < 4.78 is 5.27. The van der Waals surface area contributed by atoms with E-state index < -0.39 is 10.5 Å². The second-order valence-electron chi connectivity index (χ2n) is 6.75. The molecule has 0 amide bonds. The van der Waals surface area contributed by atoms with Crippen LogP contribution >= 0.6 is 0 Å². The maximum Gasteiger partial charge on any atom is 0.269 e. The number of nitrogens with one attached hydrogen (secondary N) is 2. The highest BCUT2D eigenvalue weighted by atomic mass is 16.6. The number of non-ortho nitro benzene ring substituents is 1. The number of furan rings is 1. The van der Waals surface area contributed by atoms with Gasteiger partial charge in [0.25, 0.3) is 5.69 Å². The van der Waals surface area contributed by atoms with Gasteiger partial charge in [0.1, 0.15) is 11.4 Å². The molecule has 0 aliphatic carbocycles. The third-order valence-corrected chi connectivity index (χ3v) is 4.27. The van der Waals surface area contributed by atoms with Crippen molar-refractivity contribution in [2.24, 2.45) is 4.99 Å². The normalized spacial score (nSPS) is 13.8. The summed E-state index contributed by atoms with van der Waals surface area (Å²) in [6.45, 7) is 5.29. The fourth-order valence-electron chi connectivity index (χ4n) is 2.68. The van der Waals surface area contributed by atoms with Crippen LogP contribution in [0.25, 0.3) is 0 Å². The number of nitro benzene ring substituents is 1. The Labute approximate surface area is 164 Å². The van der Waals surface area contributed by atoms with E-state index in [0.717, 1.165) is 37.9 Å². The molecule has 0 saturated heterocycles. The molecule has 0 fully saturated rings. The van der Waals surface area contributed by atoms with Gasteiger partial charge < -0.3 is 20.2 Å². The first-order chi connectivity index (χ1) is 13.4. The molecule has 8 nitrogen and oxygen atoms in total. The van der Waals surface area contributed by atoms with Crippen molar-refractivity contribution in [3.63, 3.8) is 0 Å². The molecule has 28 heavy (non-hydrogen) atoms. The molecule has 0 aliphatic heterocycles. The van der Waals surface area contributed by atoms with Crippen molar-refractivity contribution < 1.29 is 14.4 Å². The topological polar surface area (TPSA) is 113 Å². The molecule has 2 rings (SSSR count). The Morgan fingerprint density at radius 3 is 2.61 bits per heavy atom. The first-order valence-electron chi connectivity index (χ1n) is 9.44. The Morgan fingerprint density at radius 2 is 2.00 bits per heavy atom. The smallest absolute Gasteiger partial charge is 0.269 e. The Kier molecular flexibility index (Phi) is 8.01. The number of nitro groups is 1. The molecule has 2 aromatic rings. The van der Waals surface area contributed by atoms with Crippen LogP contribution in [0.2, 0.25) is 0 Å².